The van der Waals surface area contributed by atoms with E-state index in [1.807, 2.05) is 41.4 Å². The van der Waals surface area contributed by atoms with Crippen LogP contribution < -0.4 is 4.46 Å². The Balaban J connectivity index is 1.64. The number of hydrogen-bond acceptors (Lipinski definition) is 2. The van der Waals surface area contributed by atoms with E-state index in [1.165, 1.54) is 9.36 Å². The zero-order valence-electron chi connectivity index (χ0n) is 11.2. The number of hydrogen-bond donors (Lipinski definition) is 0. The molecular formula is C17H13NO2Se. The minimum absolute atomic E-state index is 0.133. The van der Waals surface area contributed by atoms with Crippen LogP contribution in [0, 0.1) is 0 Å². The number of likely N-dealkylation sites (tertiary alicyclic amines) is 1. The minimum atomic E-state index is -0.218. The second-order valence-electron chi connectivity index (χ2n) is 4.64. The molecule has 0 unspecified atom stereocenters. The summed E-state index contributed by atoms with van der Waals surface area (Å²) in [6.07, 6.45) is 0. The first-order valence-corrected chi connectivity index (χ1v) is 8.42. The Hall–Kier alpha value is -2.16. The Kier molecular flexibility index (Phi) is 4.00. The molecule has 2 amide bonds. The molecule has 1 fully saturated rings. The summed E-state index contributed by atoms with van der Waals surface area (Å²) >= 11 is 0.133. The Labute approximate surface area is 129 Å². The summed E-state index contributed by atoms with van der Waals surface area (Å²) in [5.41, 5.74) is 1.29. The van der Waals surface area contributed by atoms with Crippen molar-refractivity contribution >= 4 is 31.2 Å². The molecule has 0 spiro atoms. The molecular weight excluding hydrogens is 329 g/mol. The van der Waals surface area contributed by atoms with Crippen LogP contribution in [-0.4, -0.2) is 38.2 Å². The molecule has 1 aliphatic heterocycles. The fourth-order valence-corrected chi connectivity index (χ4v) is 3.63. The number of rotatable bonds is 3. The number of imide groups is 1. The zero-order chi connectivity index (χ0) is 14.7. The second-order valence-corrected chi connectivity index (χ2v) is 6.61. The molecule has 0 saturated carbocycles. The van der Waals surface area contributed by atoms with Gasteiger partial charge < -0.3 is 0 Å². The Bertz CT molecular complexity index is 695. The van der Waals surface area contributed by atoms with Gasteiger partial charge in [-0.05, 0) is 0 Å². The van der Waals surface area contributed by atoms with E-state index in [2.05, 4.69) is 0 Å². The molecule has 1 aliphatic rings. The van der Waals surface area contributed by atoms with E-state index >= 15 is 0 Å². The van der Waals surface area contributed by atoms with Gasteiger partial charge in [-0.2, -0.15) is 0 Å². The average Bonchev–Trinajstić information content (AvgIpc) is 2.55. The molecule has 2 aromatic rings. The van der Waals surface area contributed by atoms with Crippen molar-refractivity contribution < 1.29 is 9.59 Å². The van der Waals surface area contributed by atoms with Gasteiger partial charge in [0.05, 0.1) is 0 Å². The molecule has 3 nitrogen and oxygen atoms in total. The van der Waals surface area contributed by atoms with Crippen molar-refractivity contribution in [3.8, 4) is 0 Å². The van der Waals surface area contributed by atoms with Gasteiger partial charge in [0, 0.05) is 0 Å². The van der Waals surface area contributed by atoms with E-state index in [0.29, 0.717) is 12.1 Å². The number of β-lactam (4-membered cyclic amide) rings is 1. The van der Waals surface area contributed by atoms with Crippen molar-refractivity contribution in [1.82, 2.24) is 4.90 Å². The third kappa shape index (κ3) is 2.97. The van der Waals surface area contributed by atoms with Gasteiger partial charge in [0.2, 0.25) is 0 Å². The number of carbonyl (C=O) groups is 2. The van der Waals surface area contributed by atoms with Crippen LogP contribution in [0.1, 0.15) is 10.4 Å². The van der Waals surface area contributed by atoms with Crippen LogP contribution in [0.3, 0.4) is 0 Å². The van der Waals surface area contributed by atoms with Crippen LogP contribution in [0.25, 0.3) is 0 Å². The van der Waals surface area contributed by atoms with E-state index in [-0.39, 0.29) is 26.8 Å². The van der Waals surface area contributed by atoms with Crippen molar-refractivity contribution in [3.05, 3.63) is 76.8 Å². The second kappa shape index (κ2) is 6.08. The predicted octanol–water partition coefficient (Wildman–Crippen LogP) is 1.58. The Morgan fingerprint density at radius 2 is 1.62 bits per heavy atom. The summed E-state index contributed by atoms with van der Waals surface area (Å²) < 4.78 is 1.22. The first-order chi connectivity index (χ1) is 10.3. The van der Waals surface area contributed by atoms with Crippen molar-refractivity contribution in [3.63, 3.8) is 0 Å². The Morgan fingerprint density at radius 1 is 1.00 bits per heavy atom. The summed E-state index contributed by atoms with van der Waals surface area (Å²) in [5.74, 6) is -0.383. The molecule has 0 radical (unpaired) electrons. The molecule has 0 aliphatic carbocycles. The number of carbonyl (C=O) groups excluding carboxylic acids is 2. The molecule has 1 heterocycles. The molecule has 104 valence electrons. The van der Waals surface area contributed by atoms with Gasteiger partial charge in [0.25, 0.3) is 0 Å². The molecule has 0 atom stereocenters. The van der Waals surface area contributed by atoms with Crippen LogP contribution in [0.15, 0.2) is 71.2 Å². The molecule has 21 heavy (non-hydrogen) atoms. The van der Waals surface area contributed by atoms with Gasteiger partial charge >= 0.3 is 129 Å². The van der Waals surface area contributed by atoms with Crippen molar-refractivity contribution in [2.24, 2.45) is 0 Å². The van der Waals surface area contributed by atoms with Crippen LogP contribution in [-0.2, 0) is 4.79 Å². The van der Waals surface area contributed by atoms with E-state index in [4.69, 9.17) is 0 Å². The SMILES string of the molecule is O=C1/C(=C\[Se]c2ccccc2)CN1C(=O)c1ccccc1. The molecule has 2 aromatic carbocycles. The van der Waals surface area contributed by atoms with Gasteiger partial charge in [-0.25, -0.2) is 0 Å². The summed E-state index contributed by atoms with van der Waals surface area (Å²) in [5, 5.41) is 0. The molecule has 0 aromatic heterocycles. The zero-order valence-corrected chi connectivity index (χ0v) is 12.9. The first-order valence-electron chi connectivity index (χ1n) is 6.58. The third-order valence-electron chi connectivity index (χ3n) is 3.19. The normalized spacial score (nSPS) is 15.9. The predicted molar refractivity (Wildman–Crippen MR) is 82.4 cm³/mol. The molecule has 1 saturated heterocycles. The fourth-order valence-electron chi connectivity index (χ4n) is 2.02. The van der Waals surface area contributed by atoms with Crippen molar-refractivity contribution in [1.29, 1.82) is 0 Å². The maximum absolute atomic E-state index is 12.1. The third-order valence-corrected chi connectivity index (χ3v) is 5.18. The number of benzene rings is 2. The van der Waals surface area contributed by atoms with Gasteiger partial charge in [-0.15, -0.1) is 0 Å². The summed E-state index contributed by atoms with van der Waals surface area (Å²) in [7, 11) is 0. The topological polar surface area (TPSA) is 37.4 Å². The fraction of sp³-hybridized carbons (Fsp3) is 0.0588. The van der Waals surface area contributed by atoms with E-state index in [0.717, 1.165) is 5.57 Å². The van der Waals surface area contributed by atoms with Crippen molar-refractivity contribution in [2.75, 3.05) is 6.54 Å². The summed E-state index contributed by atoms with van der Waals surface area (Å²) in [4.78, 5) is 27.5. The standard InChI is InChI=1S/C17H13NO2Se/c19-16(13-7-3-1-4-8-13)18-11-14(17(18)20)12-21-15-9-5-2-6-10-15/h1-10,12H,11H2/b14-12-. The summed E-state index contributed by atoms with van der Waals surface area (Å²) in [6, 6.07) is 19.0. The number of amides is 2. The average molecular weight is 342 g/mol. The van der Waals surface area contributed by atoms with Gasteiger partial charge in [0.15, 0.2) is 0 Å². The van der Waals surface area contributed by atoms with Crippen LogP contribution in [0.2, 0.25) is 0 Å². The quantitative estimate of drug-likeness (QED) is 0.368. The van der Waals surface area contributed by atoms with Gasteiger partial charge in [-0.3, -0.25) is 0 Å². The van der Waals surface area contributed by atoms with Gasteiger partial charge in [0.1, 0.15) is 0 Å². The monoisotopic (exact) mass is 343 g/mol. The van der Waals surface area contributed by atoms with E-state index in [1.54, 1.807) is 24.3 Å². The molecule has 0 bridgehead atoms. The molecule has 3 rings (SSSR count). The van der Waals surface area contributed by atoms with Crippen molar-refractivity contribution in [2.45, 2.75) is 0 Å². The number of nitrogens with zero attached hydrogens (tertiary/aromatic N) is 1. The van der Waals surface area contributed by atoms with Crippen LogP contribution in [0.4, 0.5) is 0 Å². The van der Waals surface area contributed by atoms with Gasteiger partial charge in [-0.1, -0.05) is 0 Å². The molecule has 0 N–H and O–H groups in total. The van der Waals surface area contributed by atoms with E-state index in [9.17, 15) is 9.59 Å². The van der Waals surface area contributed by atoms with Crippen LogP contribution in [0.5, 0.6) is 0 Å². The molecule has 4 heteroatoms. The summed E-state index contributed by atoms with van der Waals surface area (Å²) in [6.45, 7) is 0.418. The van der Waals surface area contributed by atoms with Crippen LogP contribution >= 0.6 is 0 Å². The Morgan fingerprint density at radius 3 is 2.24 bits per heavy atom. The van der Waals surface area contributed by atoms with E-state index < -0.39 is 0 Å². The maximum atomic E-state index is 12.1. The first kappa shape index (κ1) is 13.8.